The minimum absolute atomic E-state index is 0. The number of likely N-dealkylation sites (N-methyl/N-ethyl adjacent to an activating group) is 1. The summed E-state index contributed by atoms with van der Waals surface area (Å²) in [6.07, 6.45) is 1.91. The number of hydrogen-bond donors (Lipinski definition) is 2. The summed E-state index contributed by atoms with van der Waals surface area (Å²) in [5, 5.41) is 13.4. The highest BCUT2D eigenvalue weighted by Gasteiger charge is 2.30. The summed E-state index contributed by atoms with van der Waals surface area (Å²) < 4.78 is 0. The van der Waals surface area contributed by atoms with Crippen molar-refractivity contribution in [3.8, 4) is 0 Å². The first-order chi connectivity index (χ1) is 8.06. The number of amides is 1. The van der Waals surface area contributed by atoms with Crippen LogP contribution in [0, 0.1) is 6.92 Å². The Morgan fingerprint density at radius 3 is 2.79 bits per heavy atom. The van der Waals surface area contributed by atoms with Gasteiger partial charge < -0.3 is 15.3 Å². The van der Waals surface area contributed by atoms with Crippen molar-refractivity contribution in [3.05, 3.63) is 16.1 Å². The molecule has 2 heterocycles. The van der Waals surface area contributed by atoms with Crippen molar-refractivity contribution in [1.29, 1.82) is 0 Å². The van der Waals surface area contributed by atoms with E-state index in [1.807, 2.05) is 6.92 Å². The van der Waals surface area contributed by atoms with E-state index < -0.39 is 6.10 Å². The lowest BCUT2D eigenvalue weighted by Gasteiger charge is -2.20. The normalized spacial score (nSPS) is 21.4. The van der Waals surface area contributed by atoms with E-state index in [4.69, 9.17) is 0 Å². The number of carbonyl (C=O) groups excluding carboxylic acids is 1. The fourth-order valence-electron chi connectivity index (χ4n) is 1.96. The summed E-state index contributed by atoms with van der Waals surface area (Å²) >= 11 is 1.60. The number of β-amino-alcohol motifs (C(OH)–C–C–N with tert-alkyl or cyclic N) is 1. The number of aliphatic hydroxyl groups excluding tert-OH is 1. The SMILES string of the molecule is Cc1ncc(CN(C)C(=O)C2CC(O)CN2)s1.Cl.Cl. The van der Waals surface area contributed by atoms with Gasteiger partial charge in [0.2, 0.25) is 5.91 Å². The molecule has 8 heteroatoms. The number of rotatable bonds is 3. The molecular formula is C11H19Cl2N3O2S. The van der Waals surface area contributed by atoms with Crippen LogP contribution in [-0.4, -0.2) is 46.6 Å². The molecule has 1 saturated heterocycles. The molecule has 1 fully saturated rings. The number of aryl methyl sites for hydroxylation is 1. The molecule has 0 spiro atoms. The number of aliphatic hydroxyl groups is 1. The minimum Gasteiger partial charge on any atom is -0.392 e. The lowest BCUT2D eigenvalue weighted by molar-refractivity contribution is -0.132. The van der Waals surface area contributed by atoms with E-state index in [2.05, 4.69) is 10.3 Å². The topological polar surface area (TPSA) is 65.5 Å². The maximum absolute atomic E-state index is 12.0. The van der Waals surface area contributed by atoms with Crippen molar-refractivity contribution in [2.75, 3.05) is 13.6 Å². The van der Waals surface area contributed by atoms with Gasteiger partial charge in [-0.2, -0.15) is 0 Å². The summed E-state index contributed by atoms with van der Waals surface area (Å²) in [5.74, 6) is 0.0348. The maximum Gasteiger partial charge on any atom is 0.239 e. The zero-order valence-electron chi connectivity index (χ0n) is 10.8. The molecule has 1 aliphatic heterocycles. The van der Waals surface area contributed by atoms with E-state index >= 15 is 0 Å². The molecule has 1 aromatic heterocycles. The quantitative estimate of drug-likeness (QED) is 0.868. The first-order valence-corrected chi connectivity index (χ1v) is 6.45. The summed E-state index contributed by atoms with van der Waals surface area (Å²) in [4.78, 5) is 19.0. The van der Waals surface area contributed by atoms with Crippen LogP contribution in [0.25, 0.3) is 0 Å². The molecule has 0 bridgehead atoms. The number of halogens is 2. The van der Waals surface area contributed by atoms with Crippen LogP contribution >= 0.6 is 36.2 Å². The number of thiazole rings is 1. The van der Waals surface area contributed by atoms with Crippen molar-refractivity contribution >= 4 is 42.1 Å². The smallest absolute Gasteiger partial charge is 0.239 e. The molecule has 1 amide bonds. The second-order valence-electron chi connectivity index (χ2n) is 4.39. The van der Waals surface area contributed by atoms with Crippen LogP contribution in [0.4, 0.5) is 0 Å². The van der Waals surface area contributed by atoms with E-state index in [0.717, 1.165) is 9.88 Å². The third-order valence-electron chi connectivity index (χ3n) is 2.84. The first kappa shape index (κ1) is 18.6. The van der Waals surface area contributed by atoms with Gasteiger partial charge in [0.1, 0.15) is 0 Å². The van der Waals surface area contributed by atoms with Crippen LogP contribution in [-0.2, 0) is 11.3 Å². The molecule has 0 aromatic carbocycles. The highest BCUT2D eigenvalue weighted by Crippen LogP contribution is 2.15. The summed E-state index contributed by atoms with van der Waals surface area (Å²) in [6, 6.07) is -0.246. The zero-order valence-corrected chi connectivity index (χ0v) is 13.3. The molecule has 2 N–H and O–H groups in total. The van der Waals surface area contributed by atoms with Gasteiger partial charge in [0.25, 0.3) is 0 Å². The van der Waals surface area contributed by atoms with Crippen molar-refractivity contribution in [3.63, 3.8) is 0 Å². The minimum atomic E-state index is -0.400. The molecule has 2 unspecified atom stereocenters. The second kappa shape index (κ2) is 8.01. The Balaban J connectivity index is 0.00000162. The van der Waals surface area contributed by atoms with Gasteiger partial charge >= 0.3 is 0 Å². The second-order valence-corrected chi connectivity index (χ2v) is 5.71. The van der Waals surface area contributed by atoms with E-state index in [1.165, 1.54) is 0 Å². The predicted octanol–water partition coefficient (Wildman–Crippen LogP) is 0.976. The molecule has 2 rings (SSSR count). The summed E-state index contributed by atoms with van der Waals surface area (Å²) in [7, 11) is 1.78. The molecule has 5 nitrogen and oxygen atoms in total. The Morgan fingerprint density at radius 1 is 1.63 bits per heavy atom. The third-order valence-corrected chi connectivity index (χ3v) is 3.74. The van der Waals surface area contributed by atoms with Crippen molar-refractivity contribution < 1.29 is 9.90 Å². The molecular weight excluding hydrogens is 309 g/mol. The summed E-state index contributed by atoms with van der Waals surface area (Å²) in [6.45, 7) is 3.04. The zero-order chi connectivity index (χ0) is 12.4. The van der Waals surface area contributed by atoms with Crippen molar-refractivity contribution in [1.82, 2.24) is 15.2 Å². The van der Waals surface area contributed by atoms with Crippen LogP contribution in [0.1, 0.15) is 16.3 Å². The molecule has 0 saturated carbocycles. The Bertz CT molecular complexity index is 416. The largest absolute Gasteiger partial charge is 0.392 e. The Morgan fingerprint density at radius 2 is 2.32 bits per heavy atom. The van der Waals surface area contributed by atoms with Gasteiger partial charge in [-0.3, -0.25) is 4.79 Å². The number of nitrogens with one attached hydrogen (secondary N) is 1. The summed E-state index contributed by atoms with van der Waals surface area (Å²) in [5.41, 5.74) is 0. The monoisotopic (exact) mass is 327 g/mol. The highest BCUT2D eigenvalue weighted by atomic mass is 35.5. The van der Waals surface area contributed by atoms with E-state index in [-0.39, 0.29) is 36.8 Å². The lowest BCUT2D eigenvalue weighted by atomic mass is 10.2. The Kier molecular flexibility index (Phi) is 7.85. The van der Waals surface area contributed by atoms with Gasteiger partial charge in [-0.15, -0.1) is 36.2 Å². The highest BCUT2D eigenvalue weighted by molar-refractivity contribution is 7.11. The molecule has 110 valence electrons. The number of hydrogen-bond acceptors (Lipinski definition) is 5. The van der Waals surface area contributed by atoms with Gasteiger partial charge in [0, 0.05) is 24.7 Å². The maximum atomic E-state index is 12.0. The van der Waals surface area contributed by atoms with E-state index in [0.29, 0.717) is 19.5 Å². The van der Waals surface area contributed by atoms with E-state index in [9.17, 15) is 9.90 Å². The van der Waals surface area contributed by atoms with Gasteiger partial charge in [0.15, 0.2) is 0 Å². The number of carbonyl (C=O) groups is 1. The standard InChI is InChI=1S/C11H17N3O2S.2ClH/c1-7-12-5-9(17-7)6-14(2)11(16)10-3-8(15)4-13-10;;/h5,8,10,13,15H,3-4,6H2,1-2H3;2*1H. The van der Waals surface area contributed by atoms with E-state index in [1.54, 1.807) is 29.5 Å². The van der Waals surface area contributed by atoms with Crippen LogP contribution in [0.3, 0.4) is 0 Å². The molecule has 1 aliphatic rings. The fraction of sp³-hybridized carbons (Fsp3) is 0.636. The average molecular weight is 328 g/mol. The van der Waals surface area contributed by atoms with Gasteiger partial charge in [-0.05, 0) is 13.3 Å². The first-order valence-electron chi connectivity index (χ1n) is 5.64. The molecule has 2 atom stereocenters. The lowest BCUT2D eigenvalue weighted by Crippen LogP contribution is -2.41. The van der Waals surface area contributed by atoms with Crippen LogP contribution in [0.5, 0.6) is 0 Å². The van der Waals surface area contributed by atoms with Crippen LogP contribution in [0.15, 0.2) is 6.20 Å². The molecule has 0 radical (unpaired) electrons. The van der Waals surface area contributed by atoms with Crippen LogP contribution in [0.2, 0.25) is 0 Å². The number of nitrogens with zero attached hydrogens (tertiary/aromatic N) is 2. The molecule has 19 heavy (non-hydrogen) atoms. The predicted molar refractivity (Wildman–Crippen MR) is 80.2 cm³/mol. The van der Waals surface area contributed by atoms with Crippen LogP contribution < -0.4 is 5.32 Å². The van der Waals surface area contributed by atoms with Crippen molar-refractivity contribution in [2.45, 2.75) is 32.0 Å². The molecule has 0 aliphatic carbocycles. The third kappa shape index (κ3) is 4.89. The van der Waals surface area contributed by atoms with Gasteiger partial charge in [-0.25, -0.2) is 4.98 Å². The van der Waals surface area contributed by atoms with Gasteiger partial charge in [-0.1, -0.05) is 0 Å². The fourth-order valence-corrected chi connectivity index (χ4v) is 2.81. The molecule has 1 aromatic rings. The van der Waals surface area contributed by atoms with Crippen molar-refractivity contribution in [2.24, 2.45) is 0 Å². The Labute approximate surface area is 129 Å². The Hall–Kier alpha value is -0.400. The van der Waals surface area contributed by atoms with Gasteiger partial charge in [0.05, 0.1) is 23.7 Å². The average Bonchev–Trinajstić information content (AvgIpc) is 2.87. The number of aromatic nitrogens is 1.